The van der Waals surface area contributed by atoms with Gasteiger partial charge in [-0.3, -0.25) is 32.5 Å². The number of esters is 2. The fraction of sp³-hybridized carbons (Fsp3) is 0.938. The van der Waals surface area contributed by atoms with Gasteiger partial charge in [-0.25, -0.2) is 0 Å². The number of carbonyl (C=O) groups is 2. The second-order valence-electron chi connectivity index (χ2n) is 15.4. The van der Waals surface area contributed by atoms with E-state index >= 15 is 0 Å². The maximum Gasteiger partial charge on any atom is 0.308 e. The van der Waals surface area contributed by atoms with Crippen LogP contribution in [0.5, 0.6) is 0 Å². The Morgan fingerprint density at radius 2 is 0.850 bits per heavy atom. The summed E-state index contributed by atoms with van der Waals surface area (Å²) < 4.78 is 11.2. The predicted molar refractivity (Wildman–Crippen MR) is 161 cm³/mol. The van der Waals surface area contributed by atoms with Gasteiger partial charge in [0.05, 0.1) is 0 Å². The monoisotopic (exact) mass is 566 g/mol. The zero-order valence-electron chi connectivity index (χ0n) is 26.7. The maximum absolute atomic E-state index is 12.5. The molecular formula is C32H62N4O4. The lowest BCUT2D eigenvalue weighted by atomic mass is 9.62. The lowest BCUT2D eigenvalue weighted by molar-refractivity contribution is -0.183. The molecule has 8 heteroatoms. The number of carbonyl (C=O) groups excluding carboxylic acids is 2. The van der Waals surface area contributed by atoms with E-state index in [0.717, 1.165) is 103 Å². The molecule has 0 aromatic rings. The first kappa shape index (κ1) is 35.0. The van der Waals surface area contributed by atoms with Crippen molar-refractivity contribution in [2.24, 2.45) is 44.6 Å². The Morgan fingerprint density at radius 3 is 1.15 bits per heavy atom. The van der Waals surface area contributed by atoms with Gasteiger partial charge in [0.15, 0.2) is 0 Å². The van der Waals surface area contributed by atoms with Crippen molar-refractivity contribution >= 4 is 11.9 Å². The van der Waals surface area contributed by atoms with Gasteiger partial charge < -0.3 is 9.47 Å². The fourth-order valence-electron chi connectivity index (χ4n) is 7.37. The minimum absolute atomic E-state index is 0.151. The third-order valence-corrected chi connectivity index (χ3v) is 9.87. The molecule has 8 nitrogen and oxygen atoms in total. The summed E-state index contributed by atoms with van der Waals surface area (Å²) in [7, 11) is 0. The van der Waals surface area contributed by atoms with E-state index in [2.05, 4.69) is 27.7 Å². The highest BCUT2D eigenvalue weighted by Crippen LogP contribution is 2.50. The van der Waals surface area contributed by atoms with Gasteiger partial charge in [0.2, 0.25) is 11.7 Å². The molecule has 0 aromatic heterocycles. The molecule has 0 bridgehead atoms. The van der Waals surface area contributed by atoms with E-state index in [-0.39, 0.29) is 22.8 Å². The van der Waals surface area contributed by atoms with Gasteiger partial charge in [0, 0.05) is 23.7 Å². The van der Waals surface area contributed by atoms with E-state index < -0.39 is 22.5 Å². The van der Waals surface area contributed by atoms with Crippen molar-refractivity contribution in [3.8, 4) is 0 Å². The Bertz CT molecular complexity index is 773. The molecule has 2 rings (SSSR count). The highest BCUT2D eigenvalue weighted by molar-refractivity contribution is 5.70. The second kappa shape index (κ2) is 13.8. The van der Waals surface area contributed by atoms with Crippen LogP contribution in [0.3, 0.4) is 0 Å². The molecule has 40 heavy (non-hydrogen) atoms. The summed E-state index contributed by atoms with van der Waals surface area (Å²) in [5.41, 5.74) is 24.9. The zero-order chi connectivity index (χ0) is 30.3. The van der Waals surface area contributed by atoms with Crippen LogP contribution in [0.2, 0.25) is 0 Å². The molecule has 0 aliphatic heterocycles. The van der Waals surface area contributed by atoms with Gasteiger partial charge in [-0.2, -0.15) is 0 Å². The van der Waals surface area contributed by atoms with Gasteiger partial charge in [0.25, 0.3) is 0 Å². The van der Waals surface area contributed by atoms with Gasteiger partial charge in [0.1, 0.15) is 0 Å². The van der Waals surface area contributed by atoms with E-state index in [1.54, 1.807) is 0 Å². The van der Waals surface area contributed by atoms with Crippen LogP contribution in [0.25, 0.3) is 0 Å². The summed E-state index contributed by atoms with van der Waals surface area (Å²) in [4.78, 5) is 24.9. The van der Waals surface area contributed by atoms with Gasteiger partial charge in [-0.05, 0) is 62.2 Å². The van der Waals surface area contributed by atoms with Crippen molar-refractivity contribution < 1.29 is 19.1 Å². The Morgan fingerprint density at radius 1 is 0.550 bits per heavy atom. The number of ether oxygens (including phenoxy) is 2. The highest BCUT2D eigenvalue weighted by Gasteiger charge is 2.51. The van der Waals surface area contributed by atoms with Crippen molar-refractivity contribution in [2.75, 3.05) is 0 Å². The van der Waals surface area contributed by atoms with E-state index in [0.29, 0.717) is 12.8 Å². The number of unbranched alkanes of at least 4 members (excludes halogenated alkanes) is 7. The number of nitrogens with two attached hydrogens (primary N) is 4. The van der Waals surface area contributed by atoms with Crippen LogP contribution in [-0.2, 0) is 19.1 Å². The normalized spacial score (nSPS) is 26.8. The van der Waals surface area contributed by atoms with Crippen LogP contribution in [-0.4, -0.2) is 23.6 Å². The molecular weight excluding hydrogens is 504 g/mol. The lowest BCUT2D eigenvalue weighted by Gasteiger charge is -2.49. The number of rotatable bonds is 15. The summed E-state index contributed by atoms with van der Waals surface area (Å²) in [5, 5.41) is 0. The van der Waals surface area contributed by atoms with Crippen LogP contribution in [0.1, 0.15) is 157 Å². The van der Waals surface area contributed by atoms with E-state index in [4.69, 9.17) is 32.4 Å². The third-order valence-electron chi connectivity index (χ3n) is 9.87. The van der Waals surface area contributed by atoms with Crippen LogP contribution < -0.4 is 22.9 Å². The molecule has 8 N–H and O–H groups in total. The molecule has 0 aromatic carbocycles. The van der Waals surface area contributed by atoms with Gasteiger partial charge >= 0.3 is 11.9 Å². The number of hydrogen-bond donors (Lipinski definition) is 4. The van der Waals surface area contributed by atoms with Crippen LogP contribution in [0.4, 0.5) is 0 Å². The maximum atomic E-state index is 12.5. The highest BCUT2D eigenvalue weighted by atomic mass is 16.6. The molecule has 0 amide bonds. The number of hydrogen-bond acceptors (Lipinski definition) is 8. The summed E-state index contributed by atoms with van der Waals surface area (Å²) in [6, 6.07) is 0. The molecule has 2 aliphatic carbocycles. The Balaban J connectivity index is 1.53. The fourth-order valence-corrected chi connectivity index (χ4v) is 7.37. The quantitative estimate of drug-likeness (QED) is 0.102. The predicted octanol–water partition coefficient (Wildman–Crippen LogP) is 6.33. The molecule has 0 spiro atoms. The largest absolute Gasteiger partial charge is 0.430 e. The van der Waals surface area contributed by atoms with Crippen LogP contribution in [0.15, 0.2) is 0 Å². The molecule has 2 fully saturated rings. The smallest absolute Gasteiger partial charge is 0.308 e. The first-order chi connectivity index (χ1) is 18.3. The Labute approximate surface area is 244 Å². The minimum atomic E-state index is -1.44. The van der Waals surface area contributed by atoms with Gasteiger partial charge in [-0.1, -0.05) is 92.9 Å². The van der Waals surface area contributed by atoms with Crippen molar-refractivity contribution in [3.05, 3.63) is 0 Å². The lowest BCUT2D eigenvalue weighted by Crippen LogP contribution is -2.65. The molecule has 0 radical (unpaired) electrons. The molecule has 234 valence electrons. The first-order valence-electron chi connectivity index (χ1n) is 15.9. The molecule has 0 saturated heterocycles. The van der Waals surface area contributed by atoms with Crippen LogP contribution >= 0.6 is 0 Å². The molecule has 0 heterocycles. The third kappa shape index (κ3) is 10.2. The zero-order valence-corrected chi connectivity index (χ0v) is 26.7. The second-order valence-corrected chi connectivity index (χ2v) is 15.4. The van der Waals surface area contributed by atoms with E-state index in [9.17, 15) is 9.59 Å². The molecule has 2 unspecified atom stereocenters. The Kier molecular flexibility index (Phi) is 12.1. The van der Waals surface area contributed by atoms with E-state index in [1.165, 1.54) is 0 Å². The molecule has 2 aliphatic rings. The summed E-state index contributed by atoms with van der Waals surface area (Å²) in [6.07, 6.45) is 16.3. The standard InChI is InChI=1S/C32H62N4O4/c1-27(2)19-15-21-29(5,23-27)31(33,34)39-25(37)17-13-11-9-7-8-10-12-14-18-26(38)40-32(35,36)30(6)22-16-20-28(3,4)24-30/h7-24,33-36H2,1-6H3. The Hall–Kier alpha value is -1.22. The van der Waals surface area contributed by atoms with Crippen LogP contribution in [0, 0.1) is 21.7 Å². The minimum Gasteiger partial charge on any atom is -0.430 e. The van der Waals surface area contributed by atoms with Crippen molar-refractivity contribution in [3.63, 3.8) is 0 Å². The average Bonchev–Trinajstić information content (AvgIpc) is 2.77. The molecule has 2 saturated carbocycles. The summed E-state index contributed by atoms with van der Waals surface area (Å²) in [5.74, 6) is -3.48. The molecule has 2 atom stereocenters. The summed E-state index contributed by atoms with van der Waals surface area (Å²) in [6.45, 7) is 13.0. The first-order valence-corrected chi connectivity index (χ1v) is 15.9. The topological polar surface area (TPSA) is 157 Å². The van der Waals surface area contributed by atoms with Crippen molar-refractivity contribution in [1.29, 1.82) is 0 Å². The SMILES string of the molecule is CC1(C)CCCC(C)(C(N)(N)OC(=O)CCCCCCCCCCC(=O)OC(N)(N)C2(C)CCCC(C)(C)C2)C1. The van der Waals surface area contributed by atoms with E-state index in [1.807, 2.05) is 13.8 Å². The van der Waals surface area contributed by atoms with Gasteiger partial charge in [-0.15, -0.1) is 0 Å². The average molecular weight is 567 g/mol. The van der Waals surface area contributed by atoms with Crippen molar-refractivity contribution in [1.82, 2.24) is 0 Å². The summed E-state index contributed by atoms with van der Waals surface area (Å²) >= 11 is 0. The van der Waals surface area contributed by atoms with Crippen molar-refractivity contribution in [2.45, 2.75) is 169 Å².